The Labute approximate surface area is 228 Å². The average molecular weight is 575 g/mol. The number of carbonyl (C=O) groups excluding carboxylic acids is 2. The highest BCUT2D eigenvalue weighted by Gasteiger charge is 2.31. The zero-order chi connectivity index (χ0) is 27.9. The number of anilines is 1. The third kappa shape index (κ3) is 8.41. The zero-order valence-corrected chi connectivity index (χ0v) is 24.1. The van der Waals surface area contributed by atoms with Crippen molar-refractivity contribution in [3.8, 4) is 11.5 Å². The predicted octanol–water partition coefficient (Wildman–Crippen LogP) is 3.97. The van der Waals surface area contributed by atoms with Crippen LogP contribution in [0, 0.1) is 5.92 Å². The molecule has 2 aromatic rings. The highest BCUT2D eigenvalue weighted by molar-refractivity contribution is 7.92. The van der Waals surface area contributed by atoms with E-state index in [1.807, 2.05) is 13.8 Å². The summed E-state index contributed by atoms with van der Waals surface area (Å²) in [4.78, 5) is 27.9. The standard InChI is InChI=1S/C25H33Cl2N3O6S/c1-16(2)13-28-25(32)17(3)29(14-18-7-8-19(26)11-21(18)27)24(31)15-30(37(6,33)34)22-10-9-20(35-4)12-23(22)36-5/h7-12,16-17H,13-15H2,1-6H3,(H,28,32)/t17-/m0/s1. The molecule has 204 valence electrons. The molecule has 2 aromatic carbocycles. The summed E-state index contributed by atoms with van der Waals surface area (Å²) in [5, 5.41) is 3.56. The first kappa shape index (κ1) is 30.5. The number of halogens is 2. The van der Waals surface area contributed by atoms with Gasteiger partial charge in [-0.25, -0.2) is 8.42 Å². The van der Waals surface area contributed by atoms with Gasteiger partial charge in [-0.2, -0.15) is 0 Å². The van der Waals surface area contributed by atoms with Crippen LogP contribution in [0.2, 0.25) is 10.0 Å². The number of hydrogen-bond acceptors (Lipinski definition) is 6. The number of carbonyl (C=O) groups is 2. The van der Waals surface area contributed by atoms with Crippen molar-refractivity contribution >= 4 is 50.7 Å². The summed E-state index contributed by atoms with van der Waals surface area (Å²) in [7, 11) is -1.08. The van der Waals surface area contributed by atoms with Crippen molar-refractivity contribution in [2.75, 3.05) is 37.9 Å². The average Bonchev–Trinajstić information content (AvgIpc) is 2.83. The molecule has 0 aliphatic heterocycles. The van der Waals surface area contributed by atoms with Crippen molar-refractivity contribution in [2.24, 2.45) is 5.92 Å². The van der Waals surface area contributed by atoms with Crippen LogP contribution >= 0.6 is 23.2 Å². The maximum Gasteiger partial charge on any atom is 0.244 e. The molecule has 0 spiro atoms. The molecule has 2 amide bonds. The van der Waals surface area contributed by atoms with Gasteiger partial charge in [0.25, 0.3) is 0 Å². The normalized spacial score (nSPS) is 12.1. The molecule has 0 aliphatic carbocycles. The van der Waals surface area contributed by atoms with Crippen LogP contribution in [0.1, 0.15) is 26.3 Å². The van der Waals surface area contributed by atoms with E-state index in [1.54, 1.807) is 25.1 Å². The fourth-order valence-corrected chi connectivity index (χ4v) is 4.78. The van der Waals surface area contributed by atoms with Gasteiger partial charge in [0.05, 0.1) is 26.2 Å². The quantitative estimate of drug-likeness (QED) is 0.412. The van der Waals surface area contributed by atoms with Gasteiger partial charge in [-0.15, -0.1) is 0 Å². The molecule has 9 nitrogen and oxygen atoms in total. The van der Waals surface area contributed by atoms with Gasteiger partial charge in [0.15, 0.2) is 0 Å². The lowest BCUT2D eigenvalue weighted by Crippen LogP contribution is -2.51. The van der Waals surface area contributed by atoms with E-state index in [4.69, 9.17) is 32.7 Å². The Kier molecular flexibility index (Phi) is 10.9. The molecule has 0 heterocycles. The number of amides is 2. The highest BCUT2D eigenvalue weighted by atomic mass is 35.5. The lowest BCUT2D eigenvalue weighted by molar-refractivity contribution is -0.139. The van der Waals surface area contributed by atoms with Gasteiger partial charge in [0.2, 0.25) is 21.8 Å². The van der Waals surface area contributed by atoms with E-state index in [1.165, 1.54) is 37.3 Å². The molecule has 0 fully saturated rings. The molecular formula is C25H33Cl2N3O6S. The van der Waals surface area contributed by atoms with Crippen molar-refractivity contribution in [1.29, 1.82) is 0 Å². The van der Waals surface area contributed by atoms with Gasteiger partial charge in [-0.05, 0) is 42.7 Å². The third-order valence-corrected chi connectivity index (χ3v) is 7.26. The SMILES string of the molecule is COc1ccc(N(CC(=O)N(Cc2ccc(Cl)cc2Cl)[C@@H](C)C(=O)NCC(C)C)S(C)(=O)=O)c(OC)c1. The smallest absolute Gasteiger partial charge is 0.244 e. The van der Waals surface area contributed by atoms with Crippen molar-refractivity contribution in [1.82, 2.24) is 10.2 Å². The first-order valence-corrected chi connectivity index (χ1v) is 14.1. The topological polar surface area (TPSA) is 105 Å². The first-order valence-electron chi connectivity index (χ1n) is 11.5. The van der Waals surface area contributed by atoms with Crippen molar-refractivity contribution in [3.05, 3.63) is 52.0 Å². The van der Waals surface area contributed by atoms with Crippen molar-refractivity contribution in [3.63, 3.8) is 0 Å². The summed E-state index contributed by atoms with van der Waals surface area (Å²) in [6, 6.07) is 8.47. The van der Waals surface area contributed by atoms with Gasteiger partial charge < -0.3 is 19.7 Å². The molecule has 0 saturated carbocycles. The maximum absolute atomic E-state index is 13.7. The molecule has 0 aliphatic rings. The second-order valence-electron chi connectivity index (χ2n) is 8.88. The minimum Gasteiger partial charge on any atom is -0.497 e. The van der Waals surface area contributed by atoms with Crippen LogP contribution < -0.4 is 19.1 Å². The Bertz CT molecular complexity index is 1220. The van der Waals surface area contributed by atoms with E-state index in [-0.39, 0.29) is 29.8 Å². The molecule has 1 atom stereocenters. The maximum atomic E-state index is 13.7. The minimum absolute atomic E-state index is 0.0392. The number of benzene rings is 2. The Morgan fingerprint density at radius 2 is 1.70 bits per heavy atom. The zero-order valence-electron chi connectivity index (χ0n) is 21.7. The summed E-state index contributed by atoms with van der Waals surface area (Å²) in [5.74, 6) is -0.127. The van der Waals surface area contributed by atoms with Gasteiger partial charge in [0.1, 0.15) is 24.1 Å². The molecule has 12 heteroatoms. The number of ether oxygens (including phenoxy) is 2. The van der Waals surface area contributed by atoms with Crippen molar-refractivity contribution in [2.45, 2.75) is 33.4 Å². The van der Waals surface area contributed by atoms with Crippen LogP contribution in [-0.2, 0) is 26.2 Å². The number of rotatable bonds is 12. The van der Waals surface area contributed by atoms with E-state index >= 15 is 0 Å². The fraction of sp³-hybridized carbons (Fsp3) is 0.440. The summed E-state index contributed by atoms with van der Waals surface area (Å²) < 4.78 is 37.1. The summed E-state index contributed by atoms with van der Waals surface area (Å²) in [6.45, 7) is 5.29. The second kappa shape index (κ2) is 13.2. The summed E-state index contributed by atoms with van der Waals surface area (Å²) in [5.41, 5.74) is 0.705. The molecular weight excluding hydrogens is 541 g/mol. The Balaban J connectivity index is 2.47. The van der Waals surface area contributed by atoms with Gasteiger partial charge in [-0.1, -0.05) is 43.1 Å². The van der Waals surface area contributed by atoms with Crippen LogP contribution in [0.3, 0.4) is 0 Å². The molecule has 0 bridgehead atoms. The number of hydrogen-bond donors (Lipinski definition) is 1. The predicted molar refractivity (Wildman–Crippen MR) is 146 cm³/mol. The number of sulfonamides is 1. The van der Waals surface area contributed by atoms with Crippen LogP contribution in [0.5, 0.6) is 11.5 Å². The molecule has 0 saturated heterocycles. The van der Waals surface area contributed by atoms with E-state index in [0.29, 0.717) is 27.9 Å². The lowest BCUT2D eigenvalue weighted by Gasteiger charge is -2.32. The van der Waals surface area contributed by atoms with Crippen LogP contribution in [0.25, 0.3) is 0 Å². The van der Waals surface area contributed by atoms with Gasteiger partial charge in [-0.3, -0.25) is 13.9 Å². The number of nitrogens with zero attached hydrogens (tertiary/aromatic N) is 2. The van der Waals surface area contributed by atoms with Gasteiger partial charge in [0, 0.05) is 29.2 Å². The van der Waals surface area contributed by atoms with E-state index in [2.05, 4.69) is 5.32 Å². The molecule has 1 N–H and O–H groups in total. The van der Waals surface area contributed by atoms with E-state index in [9.17, 15) is 18.0 Å². The number of methoxy groups -OCH3 is 2. The minimum atomic E-state index is -3.93. The van der Waals surface area contributed by atoms with Crippen LogP contribution in [0.4, 0.5) is 5.69 Å². The third-order valence-electron chi connectivity index (χ3n) is 5.54. The van der Waals surface area contributed by atoms with Crippen LogP contribution in [-0.4, -0.2) is 64.7 Å². The highest BCUT2D eigenvalue weighted by Crippen LogP contribution is 2.34. The monoisotopic (exact) mass is 573 g/mol. The molecule has 0 aromatic heterocycles. The molecule has 0 unspecified atom stereocenters. The van der Waals surface area contributed by atoms with Crippen LogP contribution in [0.15, 0.2) is 36.4 Å². The second-order valence-corrected chi connectivity index (χ2v) is 11.6. The number of nitrogens with one attached hydrogen (secondary N) is 1. The fourth-order valence-electron chi connectivity index (χ4n) is 3.45. The Morgan fingerprint density at radius 1 is 1.03 bits per heavy atom. The molecule has 0 radical (unpaired) electrons. The van der Waals surface area contributed by atoms with Crippen molar-refractivity contribution < 1.29 is 27.5 Å². The van der Waals surface area contributed by atoms with E-state index in [0.717, 1.165) is 10.6 Å². The Hall–Kier alpha value is -2.69. The van der Waals surface area contributed by atoms with Gasteiger partial charge >= 0.3 is 0 Å². The van der Waals surface area contributed by atoms with E-state index < -0.39 is 28.5 Å². The molecule has 37 heavy (non-hydrogen) atoms. The Morgan fingerprint density at radius 3 is 2.24 bits per heavy atom. The summed E-state index contributed by atoms with van der Waals surface area (Å²) in [6.07, 6.45) is 0.989. The molecule has 2 rings (SSSR count). The summed E-state index contributed by atoms with van der Waals surface area (Å²) >= 11 is 12.4. The first-order chi connectivity index (χ1) is 17.3. The lowest BCUT2D eigenvalue weighted by atomic mass is 10.1. The largest absolute Gasteiger partial charge is 0.497 e.